The molecule has 0 radical (unpaired) electrons. The number of nitrogens with one attached hydrogen (secondary N) is 2. The van der Waals surface area contributed by atoms with Gasteiger partial charge in [0.15, 0.2) is 0 Å². The Morgan fingerprint density at radius 1 is 1.27 bits per heavy atom. The van der Waals surface area contributed by atoms with E-state index in [2.05, 4.69) is 10.6 Å². The molecule has 0 aromatic carbocycles. The first-order chi connectivity index (χ1) is 7.09. The first-order valence-electron chi connectivity index (χ1n) is 5.73. The lowest BCUT2D eigenvalue weighted by molar-refractivity contribution is -0.123. The fraction of sp³-hybridized carbons (Fsp3) is 0.909. The van der Waals surface area contributed by atoms with Gasteiger partial charge in [-0.3, -0.25) is 4.79 Å². The SMILES string of the molecule is CC(C)NC(=O)C(C)NC1CCOCC1. The van der Waals surface area contributed by atoms with Gasteiger partial charge >= 0.3 is 0 Å². The highest BCUT2D eigenvalue weighted by molar-refractivity contribution is 5.81. The molecule has 0 aromatic rings. The summed E-state index contributed by atoms with van der Waals surface area (Å²) in [6, 6.07) is 0.513. The van der Waals surface area contributed by atoms with Crippen molar-refractivity contribution in [3.05, 3.63) is 0 Å². The summed E-state index contributed by atoms with van der Waals surface area (Å²) in [5, 5.41) is 6.23. The molecule has 1 saturated heterocycles. The van der Waals surface area contributed by atoms with Gasteiger partial charge in [0.25, 0.3) is 0 Å². The number of amides is 1. The maximum absolute atomic E-state index is 11.6. The Hall–Kier alpha value is -0.610. The Bertz CT molecular complexity index is 201. The molecule has 1 heterocycles. The largest absolute Gasteiger partial charge is 0.381 e. The van der Waals surface area contributed by atoms with Gasteiger partial charge in [-0.25, -0.2) is 0 Å². The van der Waals surface area contributed by atoms with Crippen LogP contribution in [-0.2, 0) is 9.53 Å². The van der Waals surface area contributed by atoms with Gasteiger partial charge in [-0.2, -0.15) is 0 Å². The van der Waals surface area contributed by atoms with Crippen LogP contribution in [0.15, 0.2) is 0 Å². The molecule has 1 atom stereocenters. The molecule has 2 N–H and O–H groups in total. The van der Waals surface area contributed by atoms with Crippen molar-refractivity contribution in [3.63, 3.8) is 0 Å². The quantitative estimate of drug-likeness (QED) is 0.723. The van der Waals surface area contributed by atoms with Crippen molar-refractivity contribution < 1.29 is 9.53 Å². The van der Waals surface area contributed by atoms with Crippen LogP contribution in [0.3, 0.4) is 0 Å². The minimum Gasteiger partial charge on any atom is -0.381 e. The second-order valence-corrected chi connectivity index (χ2v) is 4.44. The monoisotopic (exact) mass is 214 g/mol. The van der Waals surface area contributed by atoms with Crippen LogP contribution in [-0.4, -0.2) is 37.2 Å². The van der Waals surface area contributed by atoms with E-state index in [1.54, 1.807) is 0 Å². The highest BCUT2D eigenvalue weighted by Crippen LogP contribution is 2.07. The second kappa shape index (κ2) is 6.08. The highest BCUT2D eigenvalue weighted by atomic mass is 16.5. The summed E-state index contributed by atoms with van der Waals surface area (Å²) in [5.41, 5.74) is 0. The number of hydrogen-bond donors (Lipinski definition) is 2. The zero-order valence-corrected chi connectivity index (χ0v) is 9.88. The second-order valence-electron chi connectivity index (χ2n) is 4.44. The minimum atomic E-state index is -0.115. The Morgan fingerprint density at radius 2 is 1.87 bits per heavy atom. The Balaban J connectivity index is 2.26. The van der Waals surface area contributed by atoms with E-state index in [1.165, 1.54) is 0 Å². The molecule has 0 saturated carbocycles. The van der Waals surface area contributed by atoms with Crippen molar-refractivity contribution in [3.8, 4) is 0 Å². The van der Waals surface area contributed by atoms with Crippen molar-refractivity contribution in [2.45, 2.75) is 51.7 Å². The standard InChI is InChI=1S/C11H22N2O2/c1-8(2)12-11(14)9(3)13-10-4-6-15-7-5-10/h8-10,13H,4-7H2,1-3H3,(H,12,14). The Labute approximate surface area is 91.8 Å². The van der Waals surface area contributed by atoms with Gasteiger partial charge in [0.2, 0.25) is 5.91 Å². The van der Waals surface area contributed by atoms with E-state index >= 15 is 0 Å². The molecule has 1 amide bonds. The van der Waals surface area contributed by atoms with Gasteiger partial charge < -0.3 is 15.4 Å². The Kier molecular flexibility index (Phi) is 5.05. The fourth-order valence-electron chi connectivity index (χ4n) is 1.70. The van der Waals surface area contributed by atoms with Crippen LogP contribution in [0.4, 0.5) is 0 Å². The molecule has 1 rings (SSSR count). The van der Waals surface area contributed by atoms with Crippen LogP contribution in [0.5, 0.6) is 0 Å². The van der Waals surface area contributed by atoms with E-state index in [0.29, 0.717) is 6.04 Å². The van der Waals surface area contributed by atoms with E-state index in [1.807, 2.05) is 20.8 Å². The van der Waals surface area contributed by atoms with Gasteiger partial charge in [0.05, 0.1) is 6.04 Å². The predicted molar refractivity (Wildman–Crippen MR) is 59.7 cm³/mol. The number of ether oxygens (including phenoxy) is 1. The first kappa shape index (κ1) is 12.5. The molecular weight excluding hydrogens is 192 g/mol. The van der Waals surface area contributed by atoms with Crippen LogP contribution in [0.2, 0.25) is 0 Å². The maximum atomic E-state index is 11.6. The molecule has 15 heavy (non-hydrogen) atoms. The van der Waals surface area contributed by atoms with E-state index < -0.39 is 0 Å². The van der Waals surface area contributed by atoms with Gasteiger partial charge in [-0.15, -0.1) is 0 Å². The summed E-state index contributed by atoms with van der Waals surface area (Å²) in [5.74, 6) is 0.0801. The minimum absolute atomic E-state index is 0.0801. The van der Waals surface area contributed by atoms with Crippen molar-refractivity contribution in [2.75, 3.05) is 13.2 Å². The molecule has 4 nitrogen and oxygen atoms in total. The molecule has 4 heteroatoms. The van der Waals surface area contributed by atoms with Crippen molar-refractivity contribution in [2.24, 2.45) is 0 Å². The van der Waals surface area contributed by atoms with Crippen LogP contribution in [0, 0.1) is 0 Å². The van der Waals surface area contributed by atoms with E-state index in [4.69, 9.17) is 4.74 Å². The topological polar surface area (TPSA) is 50.4 Å². The van der Waals surface area contributed by atoms with Crippen LogP contribution < -0.4 is 10.6 Å². The molecule has 0 aliphatic carbocycles. The molecule has 0 bridgehead atoms. The summed E-state index contributed by atoms with van der Waals surface area (Å²) in [6.07, 6.45) is 2.00. The molecular formula is C11H22N2O2. The summed E-state index contributed by atoms with van der Waals surface area (Å²) < 4.78 is 5.27. The van der Waals surface area contributed by atoms with Gasteiger partial charge in [-0.05, 0) is 33.6 Å². The predicted octanol–water partition coefficient (Wildman–Crippen LogP) is 0.668. The third-order valence-electron chi connectivity index (χ3n) is 2.53. The lowest BCUT2D eigenvalue weighted by Gasteiger charge is -2.26. The first-order valence-corrected chi connectivity index (χ1v) is 5.73. The van der Waals surface area contributed by atoms with Gasteiger partial charge in [-0.1, -0.05) is 0 Å². The normalized spacial score (nSPS) is 20.3. The van der Waals surface area contributed by atoms with Crippen molar-refractivity contribution >= 4 is 5.91 Å². The summed E-state index contributed by atoms with van der Waals surface area (Å²) in [4.78, 5) is 11.6. The number of hydrogen-bond acceptors (Lipinski definition) is 3. The van der Waals surface area contributed by atoms with Crippen LogP contribution >= 0.6 is 0 Å². The van der Waals surface area contributed by atoms with Crippen LogP contribution in [0.25, 0.3) is 0 Å². The highest BCUT2D eigenvalue weighted by Gasteiger charge is 2.19. The zero-order valence-electron chi connectivity index (χ0n) is 9.88. The molecule has 1 fully saturated rings. The van der Waals surface area contributed by atoms with E-state index in [0.717, 1.165) is 26.1 Å². The molecule has 1 aliphatic heterocycles. The smallest absolute Gasteiger partial charge is 0.237 e. The zero-order chi connectivity index (χ0) is 11.3. The average molecular weight is 214 g/mol. The van der Waals surface area contributed by atoms with Gasteiger partial charge in [0, 0.05) is 25.3 Å². The van der Waals surface area contributed by atoms with Crippen molar-refractivity contribution in [1.82, 2.24) is 10.6 Å². The summed E-state index contributed by atoms with van der Waals surface area (Å²) in [6.45, 7) is 7.46. The third kappa shape index (κ3) is 4.62. The lowest BCUT2D eigenvalue weighted by Crippen LogP contribution is -2.49. The molecule has 88 valence electrons. The van der Waals surface area contributed by atoms with Gasteiger partial charge in [0.1, 0.15) is 0 Å². The van der Waals surface area contributed by atoms with E-state index in [-0.39, 0.29) is 18.0 Å². The maximum Gasteiger partial charge on any atom is 0.237 e. The molecule has 1 aliphatic rings. The number of carbonyl (C=O) groups excluding carboxylic acids is 1. The Morgan fingerprint density at radius 3 is 2.40 bits per heavy atom. The summed E-state index contributed by atoms with van der Waals surface area (Å²) in [7, 11) is 0. The molecule has 1 unspecified atom stereocenters. The summed E-state index contributed by atoms with van der Waals surface area (Å²) >= 11 is 0. The number of rotatable bonds is 4. The number of carbonyl (C=O) groups is 1. The molecule has 0 aromatic heterocycles. The van der Waals surface area contributed by atoms with Crippen LogP contribution in [0.1, 0.15) is 33.6 Å². The third-order valence-corrected chi connectivity index (χ3v) is 2.53. The fourth-order valence-corrected chi connectivity index (χ4v) is 1.70. The average Bonchev–Trinajstić information content (AvgIpc) is 2.18. The lowest BCUT2D eigenvalue weighted by atomic mass is 10.1. The molecule has 0 spiro atoms. The van der Waals surface area contributed by atoms with Crippen molar-refractivity contribution in [1.29, 1.82) is 0 Å². The van der Waals surface area contributed by atoms with E-state index in [9.17, 15) is 4.79 Å².